The zero-order valence-electron chi connectivity index (χ0n) is 7.46. The van der Waals surface area contributed by atoms with E-state index in [2.05, 4.69) is 6.92 Å². The molecule has 0 aliphatic heterocycles. The lowest BCUT2D eigenvalue weighted by Crippen LogP contribution is -2.31. The lowest BCUT2D eigenvalue weighted by molar-refractivity contribution is -0.149. The van der Waals surface area contributed by atoms with E-state index in [1.807, 2.05) is 6.92 Å². The monoisotopic (exact) mass is 159 g/mol. The molecule has 0 saturated heterocycles. The van der Waals surface area contributed by atoms with Crippen molar-refractivity contribution in [2.45, 2.75) is 45.8 Å². The highest BCUT2D eigenvalue weighted by molar-refractivity contribution is 5.75. The van der Waals surface area contributed by atoms with E-state index >= 15 is 0 Å². The Morgan fingerprint density at radius 3 is 2.45 bits per heavy atom. The minimum Gasteiger partial charge on any atom is -0.462 e. The first-order valence-corrected chi connectivity index (χ1v) is 4.04. The maximum atomic E-state index is 10.9. The van der Waals surface area contributed by atoms with E-state index < -0.39 is 6.04 Å². The maximum Gasteiger partial charge on any atom is 0.322 e. The van der Waals surface area contributed by atoms with Crippen molar-refractivity contribution >= 4 is 5.97 Å². The Balaban J connectivity index is 3.57. The van der Waals surface area contributed by atoms with Gasteiger partial charge in [-0.2, -0.15) is 0 Å². The van der Waals surface area contributed by atoms with Crippen molar-refractivity contribution in [3.63, 3.8) is 0 Å². The third kappa shape index (κ3) is 4.79. The minimum atomic E-state index is -0.505. The first-order chi connectivity index (χ1) is 5.07. The van der Waals surface area contributed by atoms with Crippen molar-refractivity contribution < 1.29 is 9.53 Å². The predicted octanol–water partition coefficient (Wildman–Crippen LogP) is 1.07. The molecule has 2 atom stereocenters. The third-order valence-corrected chi connectivity index (χ3v) is 1.38. The molecule has 0 amide bonds. The van der Waals surface area contributed by atoms with Crippen molar-refractivity contribution in [1.82, 2.24) is 0 Å². The minimum absolute atomic E-state index is 0.00139. The Hall–Kier alpha value is -0.570. The van der Waals surface area contributed by atoms with Gasteiger partial charge in [0.05, 0.1) is 6.10 Å². The van der Waals surface area contributed by atoms with Gasteiger partial charge in [-0.15, -0.1) is 0 Å². The molecule has 0 fully saturated rings. The molecule has 0 bridgehead atoms. The van der Waals surface area contributed by atoms with E-state index in [4.69, 9.17) is 10.5 Å². The van der Waals surface area contributed by atoms with Gasteiger partial charge in [0.25, 0.3) is 0 Å². The summed E-state index contributed by atoms with van der Waals surface area (Å²) in [5.41, 5.74) is 5.31. The van der Waals surface area contributed by atoms with Crippen LogP contribution in [-0.4, -0.2) is 18.1 Å². The molecule has 66 valence electrons. The van der Waals surface area contributed by atoms with Crippen LogP contribution in [0.25, 0.3) is 0 Å². The summed E-state index contributed by atoms with van der Waals surface area (Å²) in [5, 5.41) is 0. The van der Waals surface area contributed by atoms with E-state index in [9.17, 15) is 4.79 Å². The van der Waals surface area contributed by atoms with Crippen molar-refractivity contribution in [2.24, 2.45) is 5.73 Å². The molecule has 0 aliphatic rings. The van der Waals surface area contributed by atoms with Crippen LogP contribution in [0.15, 0.2) is 0 Å². The largest absolute Gasteiger partial charge is 0.462 e. The Morgan fingerprint density at radius 1 is 1.55 bits per heavy atom. The van der Waals surface area contributed by atoms with Crippen molar-refractivity contribution in [3.05, 3.63) is 0 Å². The average molecular weight is 159 g/mol. The van der Waals surface area contributed by atoms with Gasteiger partial charge in [-0.3, -0.25) is 4.79 Å². The van der Waals surface area contributed by atoms with Crippen LogP contribution >= 0.6 is 0 Å². The average Bonchev–Trinajstić information content (AvgIpc) is 1.87. The summed E-state index contributed by atoms with van der Waals surface area (Å²) < 4.78 is 4.99. The Morgan fingerprint density at radius 2 is 2.09 bits per heavy atom. The van der Waals surface area contributed by atoms with E-state index in [-0.39, 0.29) is 12.1 Å². The number of carbonyl (C=O) groups is 1. The summed E-state index contributed by atoms with van der Waals surface area (Å²) in [5.74, 6) is -0.314. The van der Waals surface area contributed by atoms with Crippen LogP contribution in [0.1, 0.15) is 33.6 Å². The lowest BCUT2D eigenvalue weighted by atomic mass is 10.2. The molecule has 0 aromatic rings. The van der Waals surface area contributed by atoms with Crippen molar-refractivity contribution in [1.29, 1.82) is 0 Å². The normalized spacial score (nSPS) is 15.6. The van der Waals surface area contributed by atoms with Gasteiger partial charge in [0.2, 0.25) is 0 Å². The molecule has 0 unspecified atom stereocenters. The number of hydrogen-bond acceptors (Lipinski definition) is 3. The Labute approximate surface area is 67.9 Å². The summed E-state index contributed by atoms with van der Waals surface area (Å²) in [6.45, 7) is 5.56. The van der Waals surface area contributed by atoms with Crippen LogP contribution in [-0.2, 0) is 9.53 Å². The maximum absolute atomic E-state index is 10.9. The number of rotatable bonds is 4. The second-order valence-electron chi connectivity index (χ2n) is 2.82. The Bertz CT molecular complexity index is 123. The van der Waals surface area contributed by atoms with E-state index in [0.717, 1.165) is 12.8 Å². The van der Waals surface area contributed by atoms with Crippen LogP contribution < -0.4 is 5.73 Å². The highest BCUT2D eigenvalue weighted by atomic mass is 16.5. The quantitative estimate of drug-likeness (QED) is 0.624. The van der Waals surface area contributed by atoms with Gasteiger partial charge in [0.1, 0.15) is 6.04 Å². The highest BCUT2D eigenvalue weighted by Crippen LogP contribution is 2.01. The SMILES string of the molecule is CCC[C@H](C)OC(=O)[C@@H](C)N. The summed E-state index contributed by atoms with van der Waals surface area (Å²) in [6.07, 6.45) is 1.92. The highest BCUT2D eigenvalue weighted by Gasteiger charge is 2.11. The van der Waals surface area contributed by atoms with Crippen molar-refractivity contribution in [3.8, 4) is 0 Å². The molecule has 0 heterocycles. The second-order valence-corrected chi connectivity index (χ2v) is 2.82. The fourth-order valence-corrected chi connectivity index (χ4v) is 0.771. The summed E-state index contributed by atoms with van der Waals surface area (Å²) in [4.78, 5) is 10.9. The summed E-state index contributed by atoms with van der Waals surface area (Å²) >= 11 is 0. The summed E-state index contributed by atoms with van der Waals surface area (Å²) in [7, 11) is 0. The van der Waals surface area contributed by atoms with E-state index in [1.165, 1.54) is 0 Å². The van der Waals surface area contributed by atoms with E-state index in [0.29, 0.717) is 0 Å². The van der Waals surface area contributed by atoms with Crippen molar-refractivity contribution in [2.75, 3.05) is 0 Å². The smallest absolute Gasteiger partial charge is 0.322 e. The molecule has 3 heteroatoms. The van der Waals surface area contributed by atoms with Gasteiger partial charge in [-0.25, -0.2) is 0 Å². The van der Waals surface area contributed by atoms with Crippen LogP contribution in [0.3, 0.4) is 0 Å². The molecular formula is C8H17NO2. The molecule has 0 rings (SSSR count). The number of hydrogen-bond donors (Lipinski definition) is 1. The first kappa shape index (κ1) is 10.4. The molecule has 0 radical (unpaired) electrons. The van der Waals surface area contributed by atoms with Gasteiger partial charge < -0.3 is 10.5 Å². The topological polar surface area (TPSA) is 52.3 Å². The van der Waals surface area contributed by atoms with Gasteiger partial charge in [0.15, 0.2) is 0 Å². The number of nitrogens with two attached hydrogens (primary N) is 1. The summed E-state index contributed by atoms with van der Waals surface area (Å²) in [6, 6.07) is -0.505. The predicted molar refractivity (Wildman–Crippen MR) is 44.1 cm³/mol. The third-order valence-electron chi connectivity index (χ3n) is 1.38. The fourth-order valence-electron chi connectivity index (χ4n) is 0.771. The molecule has 0 aromatic heterocycles. The number of carbonyl (C=O) groups excluding carboxylic acids is 1. The fraction of sp³-hybridized carbons (Fsp3) is 0.875. The Kier molecular flexibility index (Phi) is 4.86. The molecular weight excluding hydrogens is 142 g/mol. The van der Waals surface area contributed by atoms with Gasteiger partial charge in [-0.1, -0.05) is 13.3 Å². The molecule has 2 N–H and O–H groups in total. The van der Waals surface area contributed by atoms with Gasteiger partial charge >= 0.3 is 5.97 Å². The molecule has 3 nitrogen and oxygen atoms in total. The molecule has 11 heavy (non-hydrogen) atoms. The zero-order valence-corrected chi connectivity index (χ0v) is 7.46. The lowest BCUT2D eigenvalue weighted by Gasteiger charge is -2.13. The molecule has 0 saturated carbocycles. The van der Waals surface area contributed by atoms with Gasteiger partial charge in [-0.05, 0) is 20.3 Å². The van der Waals surface area contributed by atoms with Crippen LogP contribution in [0.5, 0.6) is 0 Å². The van der Waals surface area contributed by atoms with Crippen LogP contribution in [0.4, 0.5) is 0 Å². The van der Waals surface area contributed by atoms with Gasteiger partial charge in [0, 0.05) is 0 Å². The van der Waals surface area contributed by atoms with E-state index in [1.54, 1.807) is 6.92 Å². The number of ether oxygens (including phenoxy) is 1. The number of esters is 1. The zero-order chi connectivity index (χ0) is 8.85. The first-order valence-electron chi connectivity index (χ1n) is 4.04. The molecule has 0 spiro atoms. The second kappa shape index (κ2) is 5.13. The van der Waals surface area contributed by atoms with Crippen LogP contribution in [0, 0.1) is 0 Å². The van der Waals surface area contributed by atoms with Crippen LogP contribution in [0.2, 0.25) is 0 Å². The standard InChI is InChI=1S/C8H17NO2/c1-4-5-6(2)11-8(10)7(3)9/h6-7H,4-5,9H2,1-3H3/t6-,7+/m0/s1. The molecule has 0 aliphatic carbocycles. The molecule has 0 aromatic carbocycles.